The van der Waals surface area contributed by atoms with E-state index in [4.69, 9.17) is 29.9 Å². The monoisotopic (exact) mass is 844 g/mol. The lowest BCUT2D eigenvalue weighted by molar-refractivity contribution is 0.953. The fraction of sp³-hybridized carbons (Fsp3) is 0. The Hall–Kier alpha value is -9.14. The van der Waals surface area contributed by atoms with Gasteiger partial charge in [-0.2, -0.15) is 9.97 Å². The minimum atomic E-state index is 0.522. The molecular weight excluding hydrogens is 809 g/mol. The predicted molar refractivity (Wildman–Crippen MR) is 267 cm³/mol. The fourth-order valence-electron chi connectivity index (χ4n) is 9.38. The first kappa shape index (κ1) is 37.4. The summed E-state index contributed by atoms with van der Waals surface area (Å²) in [6.07, 6.45) is 0. The van der Waals surface area contributed by atoms with Crippen molar-refractivity contribution >= 4 is 54.4 Å². The van der Waals surface area contributed by atoms with Gasteiger partial charge in [0.15, 0.2) is 29.1 Å². The molecule has 4 aromatic heterocycles. The Bertz CT molecular complexity index is 3930. The highest BCUT2D eigenvalue weighted by atomic mass is 15.2. The Morgan fingerprint density at radius 3 is 1.32 bits per heavy atom. The quantitative estimate of drug-likeness (QED) is 0.159. The van der Waals surface area contributed by atoms with E-state index in [1.807, 2.05) is 78.9 Å². The van der Waals surface area contributed by atoms with E-state index in [1.165, 1.54) is 0 Å². The number of hydrogen-bond acceptors (Lipinski definition) is 6. The topological polar surface area (TPSA) is 87.2 Å². The lowest BCUT2D eigenvalue weighted by Gasteiger charge is -2.16. The van der Waals surface area contributed by atoms with E-state index in [0.29, 0.717) is 35.1 Å². The van der Waals surface area contributed by atoms with E-state index >= 15 is 0 Å². The standard InChI is InChI=1S/C58H36N8/c1-4-19-38(20-5-1)53-59-54(39-21-6-2-7-22-39)62-57(61-53)47-28-14-17-31-50(47)65-48-29-15-12-26-43(48)45-34-35-46-44-27-13-16-30-49(44)66(52(46)51(45)65)58-63-55(40-23-8-3-9-24-40)60-56(64-58)42-33-32-37-18-10-11-25-41(37)36-42/h1-36H. The molecule has 0 bridgehead atoms. The number of hydrogen-bond donors (Lipinski definition) is 0. The highest BCUT2D eigenvalue weighted by molar-refractivity contribution is 6.24. The highest BCUT2D eigenvalue weighted by Crippen LogP contribution is 2.43. The van der Waals surface area contributed by atoms with Crippen LogP contribution in [-0.2, 0) is 0 Å². The molecule has 9 aromatic carbocycles. The molecule has 8 heteroatoms. The van der Waals surface area contributed by atoms with Crippen LogP contribution in [0.25, 0.3) is 123 Å². The minimum absolute atomic E-state index is 0.522. The van der Waals surface area contributed by atoms with Crippen LogP contribution in [-0.4, -0.2) is 39.0 Å². The van der Waals surface area contributed by atoms with Crippen molar-refractivity contribution in [2.45, 2.75) is 0 Å². The zero-order valence-electron chi connectivity index (χ0n) is 35.4. The summed E-state index contributed by atoms with van der Waals surface area (Å²) in [5.74, 6) is 3.48. The second-order valence-electron chi connectivity index (χ2n) is 16.3. The molecular formula is C58H36N8. The first-order valence-electron chi connectivity index (χ1n) is 22.0. The normalized spacial score (nSPS) is 11.6. The molecule has 0 aliphatic heterocycles. The molecule has 0 saturated carbocycles. The Kier molecular flexibility index (Phi) is 8.67. The SMILES string of the molecule is c1ccc(-c2nc(-c3ccccc3)nc(-c3ccccc3-n3c4ccccc4c4ccc5c6ccccc6n(-c6nc(-c7ccccc7)nc(-c7ccc8ccccc8c7)n6)c5c43)n2)cc1. The molecule has 308 valence electrons. The van der Waals surface area contributed by atoms with Crippen molar-refractivity contribution in [2.75, 3.05) is 0 Å². The van der Waals surface area contributed by atoms with Crippen molar-refractivity contribution in [1.82, 2.24) is 39.0 Å². The molecule has 0 amide bonds. The van der Waals surface area contributed by atoms with Crippen molar-refractivity contribution < 1.29 is 0 Å². The van der Waals surface area contributed by atoms with Gasteiger partial charge >= 0.3 is 0 Å². The first-order valence-corrected chi connectivity index (χ1v) is 22.0. The third-order valence-electron chi connectivity index (χ3n) is 12.4. The van der Waals surface area contributed by atoms with Crippen LogP contribution in [0.5, 0.6) is 0 Å². The molecule has 66 heavy (non-hydrogen) atoms. The molecule has 0 spiro atoms. The largest absolute Gasteiger partial charge is 0.306 e. The second kappa shape index (κ2) is 15.3. The maximum absolute atomic E-state index is 5.39. The number of benzene rings is 9. The lowest BCUT2D eigenvalue weighted by atomic mass is 10.1. The third kappa shape index (κ3) is 6.15. The Balaban J connectivity index is 1.13. The Labute approximate surface area is 378 Å². The molecule has 0 saturated heterocycles. The van der Waals surface area contributed by atoms with Gasteiger partial charge in [0, 0.05) is 49.4 Å². The fourth-order valence-corrected chi connectivity index (χ4v) is 9.38. The summed E-state index contributed by atoms with van der Waals surface area (Å²) in [6.45, 7) is 0. The number of aromatic nitrogens is 8. The van der Waals surface area contributed by atoms with E-state index in [1.54, 1.807) is 0 Å². The number of rotatable bonds is 7. The van der Waals surface area contributed by atoms with Gasteiger partial charge in [0.05, 0.1) is 27.8 Å². The molecule has 4 heterocycles. The number of nitrogens with zero attached hydrogens (tertiary/aromatic N) is 8. The van der Waals surface area contributed by atoms with Gasteiger partial charge in [-0.1, -0.05) is 188 Å². The van der Waals surface area contributed by atoms with Crippen molar-refractivity contribution in [3.63, 3.8) is 0 Å². The van der Waals surface area contributed by atoms with Crippen LogP contribution >= 0.6 is 0 Å². The molecule has 0 aliphatic carbocycles. The molecule has 0 N–H and O–H groups in total. The molecule has 8 nitrogen and oxygen atoms in total. The van der Waals surface area contributed by atoms with E-state index in [-0.39, 0.29) is 0 Å². The first-order chi connectivity index (χ1) is 32.7. The van der Waals surface area contributed by atoms with Crippen LogP contribution in [0.2, 0.25) is 0 Å². The minimum Gasteiger partial charge on any atom is -0.306 e. The molecule has 0 aliphatic rings. The van der Waals surface area contributed by atoms with Crippen LogP contribution in [0.15, 0.2) is 218 Å². The van der Waals surface area contributed by atoms with Crippen molar-refractivity contribution in [3.8, 4) is 68.6 Å². The van der Waals surface area contributed by atoms with Crippen LogP contribution in [0.1, 0.15) is 0 Å². The molecule has 0 atom stereocenters. The van der Waals surface area contributed by atoms with Crippen LogP contribution in [0, 0.1) is 0 Å². The van der Waals surface area contributed by atoms with E-state index in [9.17, 15) is 0 Å². The van der Waals surface area contributed by atoms with Gasteiger partial charge in [-0.3, -0.25) is 4.57 Å². The molecule has 0 unspecified atom stereocenters. The van der Waals surface area contributed by atoms with Gasteiger partial charge in [-0.25, -0.2) is 19.9 Å². The summed E-state index contributed by atoms with van der Waals surface area (Å²) in [6, 6.07) is 75.2. The van der Waals surface area contributed by atoms with Gasteiger partial charge in [-0.05, 0) is 41.1 Å². The Morgan fingerprint density at radius 2 is 0.712 bits per heavy atom. The molecule has 13 rings (SSSR count). The molecule has 0 fully saturated rings. The smallest absolute Gasteiger partial charge is 0.238 e. The number of fused-ring (bicyclic) bond motifs is 8. The lowest BCUT2D eigenvalue weighted by Crippen LogP contribution is -2.07. The van der Waals surface area contributed by atoms with Gasteiger partial charge in [0.2, 0.25) is 5.95 Å². The van der Waals surface area contributed by atoms with Gasteiger partial charge in [0.1, 0.15) is 0 Å². The maximum Gasteiger partial charge on any atom is 0.238 e. The number of para-hydroxylation sites is 3. The van der Waals surface area contributed by atoms with Crippen LogP contribution in [0.3, 0.4) is 0 Å². The summed E-state index contributed by atoms with van der Waals surface area (Å²) in [7, 11) is 0. The molecule has 13 aromatic rings. The van der Waals surface area contributed by atoms with Crippen molar-refractivity contribution in [2.24, 2.45) is 0 Å². The Morgan fingerprint density at radius 1 is 0.273 bits per heavy atom. The summed E-state index contributed by atoms with van der Waals surface area (Å²) < 4.78 is 4.60. The third-order valence-corrected chi connectivity index (χ3v) is 12.4. The molecule has 0 radical (unpaired) electrons. The van der Waals surface area contributed by atoms with Crippen LogP contribution in [0.4, 0.5) is 0 Å². The average Bonchev–Trinajstić information content (AvgIpc) is 3.92. The zero-order valence-corrected chi connectivity index (χ0v) is 35.4. The van der Waals surface area contributed by atoms with E-state index in [0.717, 1.165) is 87.9 Å². The highest BCUT2D eigenvalue weighted by Gasteiger charge is 2.25. The van der Waals surface area contributed by atoms with Gasteiger partial charge in [-0.15, -0.1) is 0 Å². The van der Waals surface area contributed by atoms with E-state index in [2.05, 4.69) is 149 Å². The summed E-state index contributed by atoms with van der Waals surface area (Å²) in [5, 5.41) is 6.64. The van der Waals surface area contributed by atoms with E-state index < -0.39 is 0 Å². The van der Waals surface area contributed by atoms with Crippen LogP contribution < -0.4 is 0 Å². The van der Waals surface area contributed by atoms with Crippen molar-refractivity contribution in [1.29, 1.82) is 0 Å². The average molecular weight is 845 g/mol. The zero-order chi connectivity index (χ0) is 43.6. The predicted octanol–water partition coefficient (Wildman–Crippen LogP) is 13.7. The maximum atomic E-state index is 5.39. The van der Waals surface area contributed by atoms with Gasteiger partial charge in [0.25, 0.3) is 0 Å². The second-order valence-corrected chi connectivity index (χ2v) is 16.3. The van der Waals surface area contributed by atoms with Crippen molar-refractivity contribution in [3.05, 3.63) is 218 Å². The summed E-state index contributed by atoms with van der Waals surface area (Å²) >= 11 is 0. The summed E-state index contributed by atoms with van der Waals surface area (Å²) in [4.78, 5) is 31.4. The van der Waals surface area contributed by atoms with Gasteiger partial charge < -0.3 is 4.57 Å². The summed E-state index contributed by atoms with van der Waals surface area (Å²) in [5.41, 5.74) is 9.43.